The number of hydrogen-bond donors (Lipinski definition) is 1. The van der Waals surface area contributed by atoms with Crippen LogP contribution in [0.3, 0.4) is 0 Å². The number of nitrogens with zero attached hydrogens (tertiary/aromatic N) is 1. The van der Waals surface area contributed by atoms with Crippen LogP contribution in [-0.4, -0.2) is 21.9 Å². The van der Waals surface area contributed by atoms with E-state index in [1.807, 2.05) is 38.7 Å². The quantitative estimate of drug-likeness (QED) is 0.855. The second kappa shape index (κ2) is 8.04. The van der Waals surface area contributed by atoms with Crippen molar-refractivity contribution >= 4 is 17.9 Å². The molecule has 0 bridgehead atoms. The minimum atomic E-state index is -0.473. The number of aromatic nitrogens is 1. The molecule has 128 valence electrons. The van der Waals surface area contributed by atoms with Crippen LogP contribution in [0, 0.1) is 6.92 Å². The zero-order valence-corrected chi connectivity index (χ0v) is 15.5. The fourth-order valence-electron chi connectivity index (χ4n) is 2.67. The van der Waals surface area contributed by atoms with Gasteiger partial charge in [0.15, 0.2) is 0 Å². The topological polar surface area (TPSA) is 51.2 Å². The lowest BCUT2D eigenvalue weighted by Crippen LogP contribution is -2.32. The van der Waals surface area contributed by atoms with Crippen LogP contribution < -0.4 is 5.32 Å². The first-order valence-corrected chi connectivity index (χ1v) is 9.30. The summed E-state index contributed by atoms with van der Waals surface area (Å²) in [5, 5.41) is 4.61. The van der Waals surface area contributed by atoms with E-state index in [1.54, 1.807) is 0 Å². The van der Waals surface area contributed by atoms with E-state index in [-0.39, 0.29) is 0 Å². The fraction of sp³-hybridized carbons (Fsp3) is 0.667. The third-order valence-electron chi connectivity index (χ3n) is 3.75. The minimum absolute atomic E-state index is 0.393. The van der Waals surface area contributed by atoms with Gasteiger partial charge in [-0.25, -0.2) is 9.78 Å². The standard InChI is InChI=1S/C18H28N2O2S/c1-13-10-14(12-20-17(21)22-18(2,3)4)11-19-16(13)23-15-8-6-5-7-9-15/h10-11,15H,5-9,12H2,1-4H3,(H,20,21). The van der Waals surface area contributed by atoms with Crippen molar-refractivity contribution in [1.82, 2.24) is 10.3 Å². The van der Waals surface area contributed by atoms with Gasteiger partial charge < -0.3 is 10.1 Å². The van der Waals surface area contributed by atoms with Crippen LogP contribution in [0.5, 0.6) is 0 Å². The van der Waals surface area contributed by atoms with E-state index >= 15 is 0 Å². The Hall–Kier alpha value is -1.23. The SMILES string of the molecule is Cc1cc(CNC(=O)OC(C)(C)C)cnc1SC1CCCCC1. The van der Waals surface area contributed by atoms with Gasteiger partial charge in [0.25, 0.3) is 0 Å². The molecule has 0 aliphatic heterocycles. The summed E-state index contributed by atoms with van der Waals surface area (Å²) in [6, 6.07) is 2.11. The first-order valence-electron chi connectivity index (χ1n) is 8.42. The molecule has 1 saturated carbocycles. The molecular formula is C18H28N2O2S. The maximum Gasteiger partial charge on any atom is 0.407 e. The Morgan fingerprint density at radius 1 is 1.35 bits per heavy atom. The van der Waals surface area contributed by atoms with Gasteiger partial charge in [0.05, 0.1) is 5.03 Å². The number of carbonyl (C=O) groups is 1. The maximum atomic E-state index is 11.7. The number of nitrogens with one attached hydrogen (secondary N) is 1. The summed E-state index contributed by atoms with van der Waals surface area (Å²) in [7, 11) is 0. The molecule has 0 spiro atoms. The predicted molar refractivity (Wildman–Crippen MR) is 94.8 cm³/mol. The van der Waals surface area contributed by atoms with Crippen molar-refractivity contribution in [2.45, 2.75) is 82.2 Å². The normalized spacial score (nSPS) is 16.2. The van der Waals surface area contributed by atoms with Gasteiger partial charge in [-0.1, -0.05) is 25.3 Å². The lowest BCUT2D eigenvalue weighted by Gasteiger charge is -2.21. The average molecular weight is 337 g/mol. The Morgan fingerprint density at radius 2 is 2.04 bits per heavy atom. The molecule has 0 aromatic carbocycles. The lowest BCUT2D eigenvalue weighted by molar-refractivity contribution is 0.0523. The molecule has 1 aromatic heterocycles. The molecule has 0 saturated heterocycles. The number of amides is 1. The Kier molecular flexibility index (Phi) is 6.33. The van der Waals surface area contributed by atoms with Crippen LogP contribution in [0.4, 0.5) is 4.79 Å². The summed E-state index contributed by atoms with van der Waals surface area (Å²) < 4.78 is 5.24. The van der Waals surface area contributed by atoms with Gasteiger partial charge in [0.1, 0.15) is 5.60 Å². The molecule has 1 fully saturated rings. The molecular weight excluding hydrogens is 308 g/mol. The zero-order valence-electron chi connectivity index (χ0n) is 14.6. The Morgan fingerprint density at radius 3 is 2.65 bits per heavy atom. The molecule has 5 heteroatoms. The molecule has 4 nitrogen and oxygen atoms in total. The van der Waals surface area contributed by atoms with Crippen LogP contribution in [0.2, 0.25) is 0 Å². The van der Waals surface area contributed by atoms with E-state index in [2.05, 4.69) is 23.3 Å². The van der Waals surface area contributed by atoms with Crippen molar-refractivity contribution in [3.63, 3.8) is 0 Å². The summed E-state index contributed by atoms with van der Waals surface area (Å²) >= 11 is 1.91. The number of carbonyl (C=O) groups excluding carboxylic acids is 1. The molecule has 1 aromatic rings. The van der Waals surface area contributed by atoms with Crippen molar-refractivity contribution < 1.29 is 9.53 Å². The van der Waals surface area contributed by atoms with E-state index in [9.17, 15) is 4.79 Å². The molecule has 2 rings (SSSR count). The molecule has 1 aliphatic carbocycles. The number of aryl methyl sites for hydroxylation is 1. The van der Waals surface area contributed by atoms with Crippen LogP contribution in [0.25, 0.3) is 0 Å². The highest BCUT2D eigenvalue weighted by Gasteiger charge is 2.17. The van der Waals surface area contributed by atoms with Gasteiger partial charge in [0, 0.05) is 18.0 Å². The summed E-state index contributed by atoms with van der Waals surface area (Å²) in [4.78, 5) is 16.3. The van der Waals surface area contributed by atoms with Gasteiger partial charge in [-0.05, 0) is 51.7 Å². The molecule has 23 heavy (non-hydrogen) atoms. The number of ether oxygens (including phenoxy) is 1. The van der Waals surface area contributed by atoms with E-state index < -0.39 is 11.7 Å². The first kappa shape index (κ1) is 18.1. The number of pyridine rings is 1. The fourth-order valence-corrected chi connectivity index (χ4v) is 3.91. The maximum absolute atomic E-state index is 11.7. The van der Waals surface area contributed by atoms with Gasteiger partial charge in [-0.15, -0.1) is 11.8 Å². The third-order valence-corrected chi connectivity index (χ3v) is 5.21. The van der Waals surface area contributed by atoms with E-state index in [0.717, 1.165) is 10.6 Å². The number of alkyl carbamates (subject to hydrolysis) is 1. The second-order valence-corrected chi connectivity index (χ2v) is 8.49. The number of rotatable bonds is 4. The van der Waals surface area contributed by atoms with Crippen molar-refractivity contribution in [2.24, 2.45) is 0 Å². The third kappa shape index (κ3) is 6.42. The smallest absolute Gasteiger partial charge is 0.407 e. The van der Waals surface area contributed by atoms with Crippen LogP contribution >= 0.6 is 11.8 Å². The van der Waals surface area contributed by atoms with E-state index in [1.165, 1.54) is 37.7 Å². The summed E-state index contributed by atoms with van der Waals surface area (Å²) in [5.74, 6) is 0. The van der Waals surface area contributed by atoms with Crippen molar-refractivity contribution in [3.05, 3.63) is 23.4 Å². The lowest BCUT2D eigenvalue weighted by atomic mass is 10.0. The Balaban J connectivity index is 1.87. The predicted octanol–water partition coefficient (Wildman–Crippen LogP) is 4.84. The minimum Gasteiger partial charge on any atom is -0.444 e. The Labute approximate surface area is 143 Å². The highest BCUT2D eigenvalue weighted by molar-refractivity contribution is 7.99. The van der Waals surface area contributed by atoms with Gasteiger partial charge in [0.2, 0.25) is 0 Å². The highest BCUT2D eigenvalue weighted by atomic mass is 32.2. The molecule has 0 unspecified atom stereocenters. The molecule has 1 heterocycles. The molecule has 1 N–H and O–H groups in total. The van der Waals surface area contributed by atoms with Crippen molar-refractivity contribution in [1.29, 1.82) is 0 Å². The van der Waals surface area contributed by atoms with Crippen LogP contribution in [0.1, 0.15) is 64.0 Å². The van der Waals surface area contributed by atoms with Gasteiger partial charge >= 0.3 is 6.09 Å². The summed E-state index contributed by atoms with van der Waals surface area (Å²) in [5.41, 5.74) is 1.71. The Bertz CT molecular complexity index is 534. The van der Waals surface area contributed by atoms with Gasteiger partial charge in [-0.2, -0.15) is 0 Å². The van der Waals surface area contributed by atoms with E-state index in [0.29, 0.717) is 11.8 Å². The molecule has 0 atom stereocenters. The number of thioether (sulfide) groups is 1. The molecule has 1 aliphatic rings. The number of hydrogen-bond acceptors (Lipinski definition) is 4. The van der Waals surface area contributed by atoms with Crippen molar-refractivity contribution in [2.75, 3.05) is 0 Å². The first-order chi connectivity index (χ1) is 10.8. The molecule has 1 amide bonds. The summed E-state index contributed by atoms with van der Waals surface area (Å²) in [6.07, 6.45) is 8.12. The largest absolute Gasteiger partial charge is 0.444 e. The zero-order chi connectivity index (χ0) is 16.9. The van der Waals surface area contributed by atoms with Crippen LogP contribution in [-0.2, 0) is 11.3 Å². The van der Waals surface area contributed by atoms with Gasteiger partial charge in [-0.3, -0.25) is 0 Å². The molecule has 0 radical (unpaired) electrons. The van der Waals surface area contributed by atoms with Crippen LogP contribution in [0.15, 0.2) is 17.3 Å². The summed E-state index contributed by atoms with van der Waals surface area (Å²) in [6.45, 7) is 8.10. The highest BCUT2D eigenvalue weighted by Crippen LogP contribution is 2.34. The average Bonchev–Trinajstić information content (AvgIpc) is 2.47. The monoisotopic (exact) mass is 336 g/mol. The van der Waals surface area contributed by atoms with E-state index in [4.69, 9.17) is 4.74 Å². The van der Waals surface area contributed by atoms with Crippen molar-refractivity contribution in [3.8, 4) is 0 Å². The second-order valence-electron chi connectivity index (χ2n) is 7.20.